The van der Waals surface area contributed by atoms with Crippen molar-refractivity contribution < 1.29 is 13.9 Å². The van der Waals surface area contributed by atoms with Crippen molar-refractivity contribution in [1.82, 2.24) is 29.5 Å². The molecule has 0 bridgehead atoms. The van der Waals surface area contributed by atoms with E-state index in [4.69, 9.17) is 4.74 Å². The SMILES string of the molecule is CCNc1c(C)nn(-c2cc(NC(=O)Oc3c(C)c(-c4ccc(F)cc4)nn3CC3CC3)ncn2)c1C. The van der Waals surface area contributed by atoms with Crippen LogP contribution in [0.4, 0.5) is 20.7 Å². The number of carbonyl (C=O) groups is 1. The van der Waals surface area contributed by atoms with Gasteiger partial charge < -0.3 is 10.1 Å². The molecule has 1 aliphatic carbocycles. The van der Waals surface area contributed by atoms with Crippen LogP contribution in [0.1, 0.15) is 36.7 Å². The molecule has 11 heteroatoms. The van der Waals surface area contributed by atoms with Gasteiger partial charge in [-0.2, -0.15) is 10.2 Å². The maximum Gasteiger partial charge on any atom is 0.419 e. The molecule has 192 valence electrons. The summed E-state index contributed by atoms with van der Waals surface area (Å²) in [5.41, 5.74) is 4.80. The molecule has 2 N–H and O–H groups in total. The molecule has 1 aromatic carbocycles. The summed E-state index contributed by atoms with van der Waals surface area (Å²) in [7, 11) is 0. The number of rotatable bonds is 8. The lowest BCUT2D eigenvalue weighted by Crippen LogP contribution is -2.20. The normalized spacial score (nSPS) is 13.0. The number of anilines is 2. The van der Waals surface area contributed by atoms with Gasteiger partial charge in [0.2, 0.25) is 5.88 Å². The summed E-state index contributed by atoms with van der Waals surface area (Å²) in [4.78, 5) is 21.4. The zero-order valence-corrected chi connectivity index (χ0v) is 21.2. The number of aryl methyl sites for hydroxylation is 1. The van der Waals surface area contributed by atoms with Crippen molar-refractivity contribution in [1.29, 1.82) is 0 Å². The Bertz CT molecular complexity index is 1440. The fourth-order valence-electron chi connectivity index (χ4n) is 4.26. The summed E-state index contributed by atoms with van der Waals surface area (Å²) < 4.78 is 22.6. The van der Waals surface area contributed by atoms with E-state index in [0.29, 0.717) is 35.4 Å². The zero-order chi connectivity index (χ0) is 26.1. The van der Waals surface area contributed by atoms with E-state index in [2.05, 4.69) is 30.8 Å². The van der Waals surface area contributed by atoms with Crippen molar-refractivity contribution in [2.75, 3.05) is 17.2 Å². The molecule has 0 unspecified atom stereocenters. The highest BCUT2D eigenvalue weighted by Gasteiger charge is 2.27. The Labute approximate surface area is 213 Å². The highest BCUT2D eigenvalue weighted by atomic mass is 19.1. The molecule has 0 saturated heterocycles. The first-order valence-electron chi connectivity index (χ1n) is 12.3. The van der Waals surface area contributed by atoms with Crippen LogP contribution in [0.3, 0.4) is 0 Å². The van der Waals surface area contributed by atoms with Gasteiger partial charge in [0.05, 0.1) is 22.8 Å². The molecule has 5 rings (SSSR count). The number of aromatic nitrogens is 6. The maximum atomic E-state index is 13.4. The lowest BCUT2D eigenvalue weighted by atomic mass is 10.1. The predicted molar refractivity (Wildman–Crippen MR) is 138 cm³/mol. The summed E-state index contributed by atoms with van der Waals surface area (Å²) in [6.45, 7) is 9.15. The van der Waals surface area contributed by atoms with Gasteiger partial charge in [0.25, 0.3) is 0 Å². The molecule has 3 heterocycles. The summed E-state index contributed by atoms with van der Waals surface area (Å²) >= 11 is 0. The van der Waals surface area contributed by atoms with E-state index in [1.807, 2.05) is 27.7 Å². The van der Waals surface area contributed by atoms with Gasteiger partial charge in [-0.15, -0.1) is 0 Å². The molecule has 37 heavy (non-hydrogen) atoms. The Balaban J connectivity index is 1.37. The zero-order valence-electron chi connectivity index (χ0n) is 21.2. The van der Waals surface area contributed by atoms with Crippen molar-refractivity contribution in [2.45, 2.75) is 47.1 Å². The van der Waals surface area contributed by atoms with E-state index in [9.17, 15) is 9.18 Å². The molecule has 3 aromatic heterocycles. The van der Waals surface area contributed by atoms with Gasteiger partial charge in [0.1, 0.15) is 18.0 Å². The highest BCUT2D eigenvalue weighted by molar-refractivity contribution is 5.85. The second kappa shape index (κ2) is 10.00. The van der Waals surface area contributed by atoms with Crippen molar-refractivity contribution in [2.24, 2.45) is 5.92 Å². The number of nitrogens with zero attached hydrogens (tertiary/aromatic N) is 6. The number of hydrogen-bond acceptors (Lipinski definition) is 7. The molecule has 1 fully saturated rings. The van der Waals surface area contributed by atoms with Gasteiger partial charge in [-0.05, 0) is 70.7 Å². The average Bonchev–Trinajstić information content (AvgIpc) is 3.59. The van der Waals surface area contributed by atoms with Gasteiger partial charge in [0, 0.05) is 30.3 Å². The van der Waals surface area contributed by atoms with Crippen LogP contribution in [0.5, 0.6) is 5.88 Å². The fourth-order valence-corrected chi connectivity index (χ4v) is 4.26. The number of amides is 1. The first-order chi connectivity index (χ1) is 17.8. The van der Waals surface area contributed by atoms with E-state index in [1.165, 1.54) is 18.5 Å². The Morgan fingerprint density at radius 3 is 2.59 bits per heavy atom. The Kier molecular flexibility index (Phi) is 6.60. The van der Waals surface area contributed by atoms with Crippen LogP contribution in [0.25, 0.3) is 17.1 Å². The van der Waals surface area contributed by atoms with Crippen molar-refractivity contribution >= 4 is 17.6 Å². The van der Waals surface area contributed by atoms with Crippen LogP contribution in [0.2, 0.25) is 0 Å². The third-order valence-electron chi connectivity index (χ3n) is 6.31. The minimum absolute atomic E-state index is 0.275. The largest absolute Gasteiger partial charge is 0.419 e. The van der Waals surface area contributed by atoms with E-state index < -0.39 is 6.09 Å². The predicted octanol–water partition coefficient (Wildman–Crippen LogP) is 5.04. The lowest BCUT2D eigenvalue weighted by Gasteiger charge is -2.10. The van der Waals surface area contributed by atoms with Gasteiger partial charge in [0.15, 0.2) is 5.82 Å². The van der Waals surface area contributed by atoms with Crippen LogP contribution in [0.15, 0.2) is 36.7 Å². The quantitative estimate of drug-likeness (QED) is 0.346. The molecule has 1 aliphatic rings. The number of benzene rings is 1. The molecule has 10 nitrogen and oxygen atoms in total. The Morgan fingerprint density at radius 1 is 1.14 bits per heavy atom. The van der Waals surface area contributed by atoms with Crippen LogP contribution in [-0.2, 0) is 6.54 Å². The summed E-state index contributed by atoms with van der Waals surface area (Å²) in [5.74, 6) is 1.33. The van der Waals surface area contributed by atoms with Crippen LogP contribution in [0, 0.1) is 32.5 Å². The molecule has 0 aliphatic heterocycles. The standard InChI is InChI=1S/C26H29FN8O2/c1-5-28-24-16(3)32-35(17(24)4)22-12-21(29-14-30-22)31-26(36)37-25-15(2)23(19-8-10-20(27)11-9-19)33-34(25)13-18-6-7-18/h8-12,14,18,28H,5-7,13H2,1-4H3,(H,29,30,31,36). The van der Waals surface area contributed by atoms with E-state index in [1.54, 1.807) is 27.6 Å². The highest BCUT2D eigenvalue weighted by Crippen LogP contribution is 2.36. The van der Waals surface area contributed by atoms with E-state index in [-0.39, 0.29) is 11.6 Å². The number of carbonyl (C=O) groups excluding carboxylic acids is 1. The monoisotopic (exact) mass is 504 g/mol. The minimum Gasteiger partial charge on any atom is -0.391 e. The summed E-state index contributed by atoms with van der Waals surface area (Å²) in [6, 6.07) is 7.74. The molecule has 0 atom stereocenters. The molecular weight excluding hydrogens is 475 g/mol. The number of nitrogens with one attached hydrogen (secondary N) is 2. The third-order valence-corrected chi connectivity index (χ3v) is 6.31. The molecule has 0 spiro atoms. The molecule has 0 radical (unpaired) electrons. The number of halogens is 1. The Morgan fingerprint density at radius 2 is 1.89 bits per heavy atom. The molecule has 1 saturated carbocycles. The van der Waals surface area contributed by atoms with Gasteiger partial charge in [-0.3, -0.25) is 5.32 Å². The van der Waals surface area contributed by atoms with Gasteiger partial charge >= 0.3 is 6.09 Å². The lowest BCUT2D eigenvalue weighted by molar-refractivity contribution is 0.209. The smallest absolute Gasteiger partial charge is 0.391 e. The van der Waals surface area contributed by atoms with Crippen molar-refractivity contribution in [3.63, 3.8) is 0 Å². The van der Waals surface area contributed by atoms with Crippen molar-refractivity contribution in [3.8, 4) is 23.0 Å². The molecular formula is C26H29FN8O2. The van der Waals surface area contributed by atoms with Crippen LogP contribution >= 0.6 is 0 Å². The summed E-state index contributed by atoms with van der Waals surface area (Å²) in [6.07, 6.45) is 2.89. The molecule has 4 aromatic rings. The first-order valence-corrected chi connectivity index (χ1v) is 12.3. The first kappa shape index (κ1) is 24.4. The molecule has 1 amide bonds. The number of ether oxygens (including phenoxy) is 1. The second-order valence-corrected chi connectivity index (χ2v) is 9.18. The average molecular weight is 505 g/mol. The van der Waals surface area contributed by atoms with Crippen molar-refractivity contribution in [3.05, 3.63) is 59.4 Å². The summed E-state index contributed by atoms with van der Waals surface area (Å²) in [5, 5.41) is 15.2. The second-order valence-electron chi connectivity index (χ2n) is 9.18. The maximum absolute atomic E-state index is 13.4. The topological polar surface area (TPSA) is 112 Å². The van der Waals surface area contributed by atoms with Gasteiger partial charge in [-0.1, -0.05) is 0 Å². The minimum atomic E-state index is -0.697. The van der Waals surface area contributed by atoms with Crippen LogP contribution in [-0.4, -0.2) is 42.2 Å². The van der Waals surface area contributed by atoms with E-state index >= 15 is 0 Å². The van der Waals surface area contributed by atoms with Crippen LogP contribution < -0.4 is 15.4 Å². The van der Waals surface area contributed by atoms with E-state index in [0.717, 1.165) is 42.0 Å². The van der Waals surface area contributed by atoms with Gasteiger partial charge in [-0.25, -0.2) is 28.5 Å². The fraction of sp³-hybridized carbons (Fsp3) is 0.346. The third kappa shape index (κ3) is 5.16. The number of hydrogen-bond donors (Lipinski definition) is 2. The Hall–Kier alpha value is -4.28.